The number of nitrogens with zero attached hydrogens (tertiary/aromatic N) is 2. The van der Waals surface area contributed by atoms with Crippen molar-refractivity contribution in [3.8, 4) is 11.5 Å². The van der Waals surface area contributed by atoms with E-state index in [0.29, 0.717) is 11.1 Å². The maximum absolute atomic E-state index is 13.0. The highest BCUT2D eigenvalue weighted by Gasteiger charge is 2.36. The Hall–Kier alpha value is -6.96. The number of hydrogen-bond donors (Lipinski definition) is 2. The molecule has 4 aromatic rings. The van der Waals surface area contributed by atoms with Gasteiger partial charge in [-0.25, -0.2) is 9.59 Å². The van der Waals surface area contributed by atoms with Gasteiger partial charge in [0.2, 0.25) is 11.8 Å². The van der Waals surface area contributed by atoms with Gasteiger partial charge >= 0.3 is 11.9 Å². The van der Waals surface area contributed by atoms with Crippen molar-refractivity contribution >= 4 is 47.4 Å². The summed E-state index contributed by atoms with van der Waals surface area (Å²) in [6, 6.07) is 19.5. The summed E-state index contributed by atoms with van der Waals surface area (Å²) in [4.78, 5) is 103. The number of amides is 6. The summed E-state index contributed by atoms with van der Waals surface area (Å²) < 4.78 is 10.9. The second-order valence-electron chi connectivity index (χ2n) is 12.6. The van der Waals surface area contributed by atoms with Crippen LogP contribution in [0.25, 0.3) is 0 Å². The maximum atomic E-state index is 13.0. The number of fused-ring (bicyclic) bond motifs is 2. The van der Waals surface area contributed by atoms with Gasteiger partial charge in [0.15, 0.2) is 0 Å². The molecule has 1 fully saturated rings. The largest absolute Gasteiger partial charge is 0.423 e. The summed E-state index contributed by atoms with van der Waals surface area (Å²) in [6.45, 7) is 1.91. The zero-order chi connectivity index (χ0) is 37.6. The Balaban J connectivity index is 0.904. The standard InChI is InChI=1S/C39H30N4O10/c1-3-43-36(48)27-15-9-23(19-29(27)37(43)49)39(51)53-25-12-6-21(7-13-25)17-31-33(45)40-30(32(44)41-31)16-20-4-10-24(11-5-20)52-38(50)22-8-14-26-28(18-22)35(47)42(2)34(26)46/h4-15,18-19,30-31H,3,16-17H2,1-2H3,(H,40,45)(H,41,44). The molecule has 0 bridgehead atoms. The van der Waals surface area contributed by atoms with Gasteiger partial charge in [-0.15, -0.1) is 0 Å². The lowest BCUT2D eigenvalue weighted by Gasteiger charge is -2.29. The third kappa shape index (κ3) is 6.53. The minimum absolute atomic E-state index is 0.106. The van der Waals surface area contributed by atoms with E-state index in [1.54, 1.807) is 55.5 Å². The van der Waals surface area contributed by atoms with E-state index in [-0.39, 0.29) is 76.1 Å². The van der Waals surface area contributed by atoms with Crippen molar-refractivity contribution in [3.63, 3.8) is 0 Å². The first-order valence-corrected chi connectivity index (χ1v) is 16.6. The summed E-state index contributed by atoms with van der Waals surface area (Å²) in [7, 11) is 1.37. The van der Waals surface area contributed by atoms with Crippen molar-refractivity contribution in [2.24, 2.45) is 0 Å². The van der Waals surface area contributed by atoms with E-state index in [9.17, 15) is 38.4 Å². The smallest absolute Gasteiger partial charge is 0.343 e. The van der Waals surface area contributed by atoms with Crippen molar-refractivity contribution in [2.75, 3.05) is 13.6 Å². The van der Waals surface area contributed by atoms with Gasteiger partial charge in [0.05, 0.1) is 33.4 Å². The molecule has 6 amide bonds. The van der Waals surface area contributed by atoms with Gasteiger partial charge in [0.25, 0.3) is 23.6 Å². The van der Waals surface area contributed by atoms with Crippen molar-refractivity contribution in [1.82, 2.24) is 20.4 Å². The second kappa shape index (κ2) is 13.6. The van der Waals surface area contributed by atoms with Crippen LogP contribution in [-0.2, 0) is 22.4 Å². The van der Waals surface area contributed by atoms with E-state index in [0.717, 1.165) is 9.80 Å². The average molecular weight is 715 g/mol. The van der Waals surface area contributed by atoms with E-state index in [1.807, 2.05) is 0 Å². The van der Waals surface area contributed by atoms with E-state index in [1.165, 1.54) is 43.4 Å². The van der Waals surface area contributed by atoms with Crippen molar-refractivity contribution in [2.45, 2.75) is 31.8 Å². The molecule has 2 atom stereocenters. The van der Waals surface area contributed by atoms with E-state index in [4.69, 9.17) is 9.47 Å². The molecule has 0 saturated carbocycles. The third-order valence-electron chi connectivity index (χ3n) is 9.26. The van der Waals surface area contributed by atoms with Crippen LogP contribution in [-0.4, -0.2) is 82.9 Å². The predicted molar refractivity (Wildman–Crippen MR) is 184 cm³/mol. The summed E-state index contributed by atoms with van der Waals surface area (Å²) in [5.41, 5.74) is 2.35. The Bertz CT molecular complexity index is 2260. The number of ether oxygens (including phenoxy) is 2. The van der Waals surface area contributed by atoms with Crippen LogP contribution >= 0.6 is 0 Å². The normalized spacial score (nSPS) is 17.7. The van der Waals surface area contributed by atoms with Gasteiger partial charge < -0.3 is 20.1 Å². The molecule has 3 aliphatic rings. The quantitative estimate of drug-likeness (QED) is 0.148. The van der Waals surface area contributed by atoms with Gasteiger partial charge in [-0.2, -0.15) is 0 Å². The fourth-order valence-electron chi connectivity index (χ4n) is 6.35. The van der Waals surface area contributed by atoms with Crippen LogP contribution < -0.4 is 20.1 Å². The Morgan fingerprint density at radius 3 is 1.42 bits per heavy atom. The second-order valence-corrected chi connectivity index (χ2v) is 12.6. The monoisotopic (exact) mass is 714 g/mol. The highest BCUT2D eigenvalue weighted by molar-refractivity contribution is 6.22. The third-order valence-corrected chi connectivity index (χ3v) is 9.26. The molecule has 1 saturated heterocycles. The minimum atomic E-state index is -0.837. The maximum Gasteiger partial charge on any atom is 0.343 e. The summed E-state index contributed by atoms with van der Waals surface area (Å²) in [5, 5.41) is 5.52. The van der Waals surface area contributed by atoms with Crippen LogP contribution in [0.3, 0.4) is 0 Å². The molecule has 14 nitrogen and oxygen atoms in total. The Morgan fingerprint density at radius 2 is 0.962 bits per heavy atom. The summed E-state index contributed by atoms with van der Waals surface area (Å²) in [6.07, 6.45) is 0.359. The lowest BCUT2D eigenvalue weighted by atomic mass is 9.98. The fourth-order valence-corrected chi connectivity index (χ4v) is 6.35. The van der Waals surface area contributed by atoms with Gasteiger partial charge in [0.1, 0.15) is 23.6 Å². The predicted octanol–water partition coefficient (Wildman–Crippen LogP) is 2.74. The molecule has 0 aromatic heterocycles. The summed E-state index contributed by atoms with van der Waals surface area (Å²) >= 11 is 0. The highest BCUT2D eigenvalue weighted by Crippen LogP contribution is 2.26. The molecule has 0 radical (unpaired) electrons. The first-order valence-electron chi connectivity index (χ1n) is 16.6. The number of carbonyl (C=O) groups excluding carboxylic acids is 8. The van der Waals surface area contributed by atoms with E-state index in [2.05, 4.69) is 10.6 Å². The van der Waals surface area contributed by atoms with Gasteiger partial charge in [-0.1, -0.05) is 24.3 Å². The SMILES string of the molecule is CCN1C(=O)c2ccc(C(=O)Oc3ccc(CC4NC(=O)C(Cc5ccc(OC(=O)c6ccc7c(c6)C(=O)N(C)C7=O)cc5)NC4=O)cc3)cc2C1=O. The average Bonchev–Trinajstić information content (AvgIpc) is 3.53. The van der Waals surface area contributed by atoms with E-state index < -0.39 is 47.7 Å². The molecular weight excluding hydrogens is 684 g/mol. The number of esters is 2. The molecule has 266 valence electrons. The molecule has 14 heteroatoms. The van der Waals surface area contributed by atoms with Crippen LogP contribution in [0.5, 0.6) is 11.5 Å². The van der Waals surface area contributed by atoms with Gasteiger partial charge in [-0.3, -0.25) is 38.6 Å². The van der Waals surface area contributed by atoms with Crippen molar-refractivity contribution in [1.29, 1.82) is 0 Å². The molecule has 4 aromatic carbocycles. The molecule has 3 heterocycles. The first-order chi connectivity index (χ1) is 25.4. The number of rotatable bonds is 9. The number of hydrogen-bond acceptors (Lipinski definition) is 10. The van der Waals surface area contributed by atoms with Crippen LogP contribution in [0, 0.1) is 0 Å². The van der Waals surface area contributed by atoms with Crippen LogP contribution in [0.15, 0.2) is 84.9 Å². The number of carbonyl (C=O) groups is 8. The zero-order valence-corrected chi connectivity index (χ0v) is 28.3. The highest BCUT2D eigenvalue weighted by atomic mass is 16.5. The molecule has 7 rings (SSSR count). The lowest BCUT2D eigenvalue weighted by molar-refractivity contribution is -0.136. The van der Waals surface area contributed by atoms with Gasteiger partial charge in [-0.05, 0) is 78.7 Å². The minimum Gasteiger partial charge on any atom is -0.423 e. The van der Waals surface area contributed by atoms with Crippen molar-refractivity contribution in [3.05, 3.63) is 129 Å². The lowest BCUT2D eigenvalue weighted by Crippen LogP contribution is -2.62. The fraction of sp³-hybridized carbons (Fsp3) is 0.179. The number of imide groups is 2. The Kier molecular flexibility index (Phi) is 8.87. The Labute approximate surface area is 301 Å². The molecule has 0 aliphatic carbocycles. The topological polar surface area (TPSA) is 186 Å². The number of nitrogens with one attached hydrogen (secondary N) is 2. The Morgan fingerprint density at radius 1 is 0.566 bits per heavy atom. The number of benzene rings is 4. The molecule has 53 heavy (non-hydrogen) atoms. The van der Waals surface area contributed by atoms with Crippen LogP contribution in [0.4, 0.5) is 0 Å². The molecule has 0 spiro atoms. The van der Waals surface area contributed by atoms with Gasteiger partial charge in [0, 0.05) is 26.4 Å². The van der Waals surface area contributed by atoms with E-state index >= 15 is 0 Å². The summed E-state index contributed by atoms with van der Waals surface area (Å²) in [5.74, 6) is -3.53. The molecule has 2 N–H and O–H groups in total. The van der Waals surface area contributed by atoms with Crippen LogP contribution in [0.2, 0.25) is 0 Å². The molecule has 2 unspecified atom stereocenters. The first kappa shape index (κ1) is 34.5. The molecular formula is C39H30N4O10. The number of piperazine rings is 1. The molecule has 3 aliphatic heterocycles. The van der Waals surface area contributed by atoms with Crippen molar-refractivity contribution < 1.29 is 47.8 Å². The zero-order valence-electron chi connectivity index (χ0n) is 28.3. The van der Waals surface area contributed by atoms with Crippen LogP contribution in [0.1, 0.15) is 80.2 Å².